The number of likely N-dealkylation sites (N-methyl/N-ethyl adjacent to an activating group) is 1. The van der Waals surface area contributed by atoms with Gasteiger partial charge in [-0.2, -0.15) is 0 Å². The van der Waals surface area contributed by atoms with Crippen molar-refractivity contribution in [2.24, 2.45) is 0 Å². The van der Waals surface area contributed by atoms with Gasteiger partial charge in [-0.15, -0.1) is 0 Å². The molecule has 0 spiro atoms. The van der Waals surface area contributed by atoms with Gasteiger partial charge in [0.15, 0.2) is 11.6 Å². The van der Waals surface area contributed by atoms with Gasteiger partial charge in [-0.25, -0.2) is 9.97 Å². The van der Waals surface area contributed by atoms with Crippen molar-refractivity contribution < 1.29 is 5.11 Å². The Hall–Kier alpha value is -1.36. The molecule has 0 bridgehead atoms. The predicted molar refractivity (Wildman–Crippen MR) is 53.4 cm³/mol. The standard InChI is InChI=1S/C9H14N4O/c1-12-2-4-13(5-3-12)9-8(14)6-10-7-11-9/h6-7,14H,2-5H2,1H3. The van der Waals surface area contributed by atoms with Crippen LogP contribution in [-0.4, -0.2) is 53.2 Å². The van der Waals surface area contributed by atoms with E-state index in [0.29, 0.717) is 5.82 Å². The zero-order chi connectivity index (χ0) is 9.97. The summed E-state index contributed by atoms with van der Waals surface area (Å²) in [6.45, 7) is 3.81. The van der Waals surface area contributed by atoms with Crippen LogP contribution in [0.2, 0.25) is 0 Å². The number of hydrogen-bond donors (Lipinski definition) is 1. The summed E-state index contributed by atoms with van der Waals surface area (Å²) in [7, 11) is 2.09. The lowest BCUT2D eigenvalue weighted by Gasteiger charge is -2.33. The molecule has 0 aromatic carbocycles. The van der Waals surface area contributed by atoms with Crippen molar-refractivity contribution >= 4 is 5.82 Å². The average molecular weight is 194 g/mol. The fourth-order valence-electron chi connectivity index (χ4n) is 1.58. The topological polar surface area (TPSA) is 52.5 Å². The minimum atomic E-state index is 0.164. The smallest absolute Gasteiger partial charge is 0.177 e. The highest BCUT2D eigenvalue weighted by Crippen LogP contribution is 2.22. The molecular formula is C9H14N4O. The molecule has 0 atom stereocenters. The molecular weight excluding hydrogens is 180 g/mol. The fraction of sp³-hybridized carbons (Fsp3) is 0.556. The third kappa shape index (κ3) is 1.77. The molecule has 1 aliphatic rings. The minimum absolute atomic E-state index is 0.164. The molecule has 2 heterocycles. The van der Waals surface area contributed by atoms with Gasteiger partial charge in [-0.3, -0.25) is 0 Å². The van der Waals surface area contributed by atoms with Gasteiger partial charge in [-0.1, -0.05) is 0 Å². The minimum Gasteiger partial charge on any atom is -0.503 e. The predicted octanol–water partition coefficient (Wildman–Crippen LogP) is -0.0660. The first-order valence-electron chi connectivity index (χ1n) is 4.70. The van der Waals surface area contributed by atoms with Crippen LogP contribution in [-0.2, 0) is 0 Å². The van der Waals surface area contributed by atoms with E-state index in [1.54, 1.807) is 0 Å². The monoisotopic (exact) mass is 194 g/mol. The summed E-state index contributed by atoms with van der Waals surface area (Å²) in [5.41, 5.74) is 0. The van der Waals surface area contributed by atoms with E-state index in [9.17, 15) is 5.11 Å². The van der Waals surface area contributed by atoms with E-state index in [1.165, 1.54) is 12.5 Å². The largest absolute Gasteiger partial charge is 0.503 e. The molecule has 0 radical (unpaired) electrons. The Morgan fingerprint density at radius 2 is 2.00 bits per heavy atom. The van der Waals surface area contributed by atoms with Gasteiger partial charge in [0.2, 0.25) is 0 Å². The number of anilines is 1. The van der Waals surface area contributed by atoms with Crippen molar-refractivity contribution in [1.29, 1.82) is 0 Å². The molecule has 1 aromatic rings. The van der Waals surface area contributed by atoms with E-state index in [0.717, 1.165) is 26.2 Å². The van der Waals surface area contributed by atoms with E-state index in [1.807, 2.05) is 0 Å². The highest BCUT2D eigenvalue weighted by molar-refractivity contribution is 5.49. The Bertz CT molecular complexity index is 309. The van der Waals surface area contributed by atoms with Crippen molar-refractivity contribution in [1.82, 2.24) is 14.9 Å². The van der Waals surface area contributed by atoms with Gasteiger partial charge in [0.1, 0.15) is 6.33 Å². The fourth-order valence-corrected chi connectivity index (χ4v) is 1.58. The van der Waals surface area contributed by atoms with Crippen LogP contribution >= 0.6 is 0 Å². The second-order valence-corrected chi connectivity index (χ2v) is 3.52. The number of rotatable bonds is 1. The van der Waals surface area contributed by atoms with Gasteiger partial charge < -0.3 is 14.9 Å². The number of aromatic hydroxyl groups is 1. The molecule has 0 amide bonds. The Morgan fingerprint density at radius 3 is 2.64 bits per heavy atom. The quantitative estimate of drug-likeness (QED) is 0.678. The summed E-state index contributed by atoms with van der Waals surface area (Å²) < 4.78 is 0. The normalized spacial score (nSPS) is 18.5. The maximum atomic E-state index is 9.55. The van der Waals surface area contributed by atoms with E-state index < -0.39 is 0 Å². The molecule has 1 N–H and O–H groups in total. The van der Waals surface area contributed by atoms with Gasteiger partial charge in [0, 0.05) is 26.2 Å². The van der Waals surface area contributed by atoms with Crippen LogP contribution in [0, 0.1) is 0 Å². The zero-order valence-electron chi connectivity index (χ0n) is 8.22. The molecule has 76 valence electrons. The maximum Gasteiger partial charge on any atom is 0.177 e. The molecule has 1 fully saturated rings. The number of aromatic nitrogens is 2. The molecule has 0 saturated carbocycles. The molecule has 5 nitrogen and oxygen atoms in total. The van der Waals surface area contributed by atoms with E-state index in [-0.39, 0.29) is 5.75 Å². The molecule has 2 rings (SSSR count). The van der Waals surface area contributed by atoms with E-state index in [4.69, 9.17) is 0 Å². The van der Waals surface area contributed by atoms with Gasteiger partial charge in [0.05, 0.1) is 6.20 Å². The summed E-state index contributed by atoms with van der Waals surface area (Å²) >= 11 is 0. The number of hydrogen-bond acceptors (Lipinski definition) is 5. The summed E-state index contributed by atoms with van der Waals surface area (Å²) in [6, 6.07) is 0. The second kappa shape index (κ2) is 3.79. The summed E-state index contributed by atoms with van der Waals surface area (Å²) in [5.74, 6) is 0.810. The number of nitrogens with zero attached hydrogens (tertiary/aromatic N) is 4. The van der Waals surface area contributed by atoms with Crippen molar-refractivity contribution in [2.75, 3.05) is 38.1 Å². The highest BCUT2D eigenvalue weighted by atomic mass is 16.3. The van der Waals surface area contributed by atoms with Crippen molar-refractivity contribution in [2.45, 2.75) is 0 Å². The lowest BCUT2D eigenvalue weighted by molar-refractivity contribution is 0.310. The Kier molecular flexibility index (Phi) is 2.49. The average Bonchev–Trinajstić information content (AvgIpc) is 2.20. The van der Waals surface area contributed by atoms with E-state index in [2.05, 4.69) is 26.8 Å². The van der Waals surface area contributed by atoms with Crippen LogP contribution in [0.1, 0.15) is 0 Å². The SMILES string of the molecule is CN1CCN(c2ncncc2O)CC1. The van der Waals surface area contributed by atoms with Gasteiger partial charge >= 0.3 is 0 Å². The Labute approximate surface area is 83.0 Å². The number of piperazine rings is 1. The zero-order valence-corrected chi connectivity index (χ0v) is 8.22. The first-order chi connectivity index (χ1) is 6.77. The summed E-state index contributed by atoms with van der Waals surface area (Å²) in [5, 5.41) is 9.55. The lowest BCUT2D eigenvalue weighted by Crippen LogP contribution is -2.44. The first-order valence-corrected chi connectivity index (χ1v) is 4.70. The van der Waals surface area contributed by atoms with Gasteiger partial charge in [0.25, 0.3) is 0 Å². The van der Waals surface area contributed by atoms with Crippen LogP contribution in [0.5, 0.6) is 5.75 Å². The van der Waals surface area contributed by atoms with Crippen molar-refractivity contribution in [3.63, 3.8) is 0 Å². The Balaban J connectivity index is 2.12. The van der Waals surface area contributed by atoms with Crippen molar-refractivity contribution in [3.05, 3.63) is 12.5 Å². The van der Waals surface area contributed by atoms with E-state index >= 15 is 0 Å². The molecule has 5 heteroatoms. The van der Waals surface area contributed by atoms with Crippen LogP contribution in [0.25, 0.3) is 0 Å². The molecule has 1 aliphatic heterocycles. The molecule has 1 saturated heterocycles. The van der Waals surface area contributed by atoms with Gasteiger partial charge in [-0.05, 0) is 7.05 Å². The van der Waals surface area contributed by atoms with Crippen LogP contribution in [0.15, 0.2) is 12.5 Å². The summed E-state index contributed by atoms with van der Waals surface area (Å²) in [6.07, 6.45) is 2.90. The molecule has 1 aromatic heterocycles. The van der Waals surface area contributed by atoms with Crippen LogP contribution in [0.3, 0.4) is 0 Å². The Morgan fingerprint density at radius 1 is 1.29 bits per heavy atom. The lowest BCUT2D eigenvalue weighted by atomic mass is 10.3. The molecule has 14 heavy (non-hydrogen) atoms. The maximum absolute atomic E-state index is 9.55. The highest BCUT2D eigenvalue weighted by Gasteiger charge is 2.17. The summed E-state index contributed by atoms with van der Waals surface area (Å²) in [4.78, 5) is 12.2. The first kappa shape index (κ1) is 9.21. The van der Waals surface area contributed by atoms with Crippen molar-refractivity contribution in [3.8, 4) is 5.75 Å². The molecule has 0 unspecified atom stereocenters. The van der Waals surface area contributed by atoms with Crippen LogP contribution < -0.4 is 4.90 Å². The molecule has 0 aliphatic carbocycles. The second-order valence-electron chi connectivity index (χ2n) is 3.52. The third-order valence-corrected chi connectivity index (χ3v) is 2.48. The van der Waals surface area contributed by atoms with Crippen LogP contribution in [0.4, 0.5) is 5.82 Å². The third-order valence-electron chi connectivity index (χ3n) is 2.48.